The van der Waals surface area contributed by atoms with Crippen LogP contribution in [-0.4, -0.2) is 110 Å². The van der Waals surface area contributed by atoms with E-state index in [1.54, 1.807) is 0 Å². The molecule has 1 rings (SSSR count). The summed E-state index contributed by atoms with van der Waals surface area (Å²) in [5.41, 5.74) is 0. The Bertz CT molecular complexity index is 1330. The van der Waals surface area contributed by atoms with Crippen molar-refractivity contribution in [3.63, 3.8) is 0 Å². The SMILES string of the molecule is CCCCCCCCCCC/C=C\C/C=C\CCCCCCCCCCCCCCC(O)C(=O)NC(COC1OC(CO)C(O)C(O)C1O)C(O)C(O)CCC/C=C/CCCCCCCCCCCCCCCCCC. The topological polar surface area (TPSA) is 189 Å². The molecule has 0 aliphatic carbocycles. The highest BCUT2D eigenvalue weighted by molar-refractivity contribution is 5.80. The quantitative estimate of drug-likeness (QED) is 0.0215. The van der Waals surface area contributed by atoms with Crippen LogP contribution in [0.5, 0.6) is 0 Å². The van der Waals surface area contributed by atoms with Crippen molar-refractivity contribution in [1.29, 1.82) is 0 Å². The third-order valence-electron chi connectivity index (χ3n) is 15.7. The van der Waals surface area contributed by atoms with Crippen LogP contribution < -0.4 is 5.32 Å². The van der Waals surface area contributed by atoms with Crippen LogP contribution in [0, 0.1) is 0 Å². The average molecular weight is 1080 g/mol. The lowest BCUT2D eigenvalue weighted by molar-refractivity contribution is -0.303. The highest BCUT2D eigenvalue weighted by Gasteiger charge is 2.44. The van der Waals surface area contributed by atoms with Crippen molar-refractivity contribution in [2.24, 2.45) is 0 Å². The van der Waals surface area contributed by atoms with E-state index < -0.39 is 74.2 Å². The summed E-state index contributed by atoms with van der Waals surface area (Å²) in [5.74, 6) is -0.704. The Balaban J connectivity index is 2.26. The van der Waals surface area contributed by atoms with E-state index in [1.165, 1.54) is 218 Å². The molecule has 0 aromatic rings. The zero-order valence-electron chi connectivity index (χ0n) is 49.2. The first-order chi connectivity index (χ1) is 37.2. The van der Waals surface area contributed by atoms with Crippen LogP contribution in [0.2, 0.25) is 0 Å². The second kappa shape index (κ2) is 53.9. The van der Waals surface area contributed by atoms with Crippen LogP contribution in [0.25, 0.3) is 0 Å². The molecular weight excluding hydrogens is 955 g/mol. The van der Waals surface area contributed by atoms with E-state index in [-0.39, 0.29) is 12.8 Å². The summed E-state index contributed by atoms with van der Waals surface area (Å²) < 4.78 is 11.2. The van der Waals surface area contributed by atoms with Gasteiger partial charge < -0.3 is 50.5 Å². The second-order valence-corrected chi connectivity index (χ2v) is 22.8. The van der Waals surface area contributed by atoms with Gasteiger partial charge in [0.1, 0.15) is 36.6 Å². The molecule has 0 radical (unpaired) electrons. The summed E-state index contributed by atoms with van der Waals surface area (Å²) in [4.78, 5) is 13.2. The van der Waals surface area contributed by atoms with E-state index in [0.717, 1.165) is 44.9 Å². The van der Waals surface area contributed by atoms with Crippen LogP contribution in [-0.2, 0) is 14.3 Å². The minimum Gasteiger partial charge on any atom is -0.394 e. The second-order valence-electron chi connectivity index (χ2n) is 22.8. The van der Waals surface area contributed by atoms with E-state index in [2.05, 4.69) is 55.6 Å². The molecule has 1 heterocycles. The maximum absolute atomic E-state index is 13.2. The Hall–Kier alpha value is -1.67. The fourth-order valence-electron chi connectivity index (χ4n) is 10.4. The summed E-state index contributed by atoms with van der Waals surface area (Å²) in [6.45, 7) is 3.48. The number of carbonyl (C=O) groups excluding carboxylic acids is 1. The molecule has 8 N–H and O–H groups in total. The first-order valence-corrected chi connectivity index (χ1v) is 32.4. The Labute approximate surface area is 467 Å². The molecule has 1 saturated heterocycles. The first kappa shape index (κ1) is 72.3. The van der Waals surface area contributed by atoms with Crippen molar-refractivity contribution in [3.8, 4) is 0 Å². The maximum atomic E-state index is 13.2. The van der Waals surface area contributed by atoms with Crippen LogP contribution >= 0.6 is 0 Å². The molecule has 1 fully saturated rings. The molecular formula is C65H123NO10. The van der Waals surface area contributed by atoms with Crippen LogP contribution in [0.3, 0.4) is 0 Å². The maximum Gasteiger partial charge on any atom is 0.249 e. The van der Waals surface area contributed by atoms with Crippen molar-refractivity contribution in [1.82, 2.24) is 5.32 Å². The van der Waals surface area contributed by atoms with Gasteiger partial charge in [0.2, 0.25) is 5.91 Å². The Morgan fingerprint density at radius 1 is 0.461 bits per heavy atom. The summed E-state index contributed by atoms with van der Waals surface area (Å²) >= 11 is 0. The summed E-state index contributed by atoms with van der Waals surface area (Å²) in [6, 6.07) is -1.19. The monoisotopic (exact) mass is 1080 g/mol. The number of rotatable bonds is 56. The molecule has 448 valence electrons. The smallest absolute Gasteiger partial charge is 0.249 e. The van der Waals surface area contributed by atoms with Crippen LogP contribution in [0.15, 0.2) is 36.5 Å². The fourth-order valence-corrected chi connectivity index (χ4v) is 10.4. The summed E-state index contributed by atoms with van der Waals surface area (Å²) in [7, 11) is 0. The van der Waals surface area contributed by atoms with Crippen molar-refractivity contribution in [3.05, 3.63) is 36.5 Å². The van der Waals surface area contributed by atoms with Gasteiger partial charge >= 0.3 is 0 Å². The van der Waals surface area contributed by atoms with Crippen molar-refractivity contribution in [2.75, 3.05) is 13.2 Å². The van der Waals surface area contributed by atoms with Gasteiger partial charge in [-0.05, 0) is 70.6 Å². The summed E-state index contributed by atoms with van der Waals surface area (Å²) in [6.07, 6.45) is 56.4. The van der Waals surface area contributed by atoms with E-state index in [4.69, 9.17) is 9.47 Å². The molecule has 1 aliphatic rings. The van der Waals surface area contributed by atoms with Gasteiger partial charge in [0.15, 0.2) is 6.29 Å². The number of nitrogens with one attached hydrogen (secondary N) is 1. The van der Waals surface area contributed by atoms with Gasteiger partial charge in [0, 0.05) is 0 Å². The summed E-state index contributed by atoms with van der Waals surface area (Å²) in [5, 5.41) is 76.3. The minimum absolute atomic E-state index is 0.253. The third kappa shape index (κ3) is 41.4. The number of amides is 1. The fraction of sp³-hybridized carbons (Fsp3) is 0.892. The predicted octanol–water partition coefficient (Wildman–Crippen LogP) is 14.6. The van der Waals surface area contributed by atoms with Crippen molar-refractivity contribution < 1.29 is 50.0 Å². The Morgan fingerprint density at radius 2 is 0.816 bits per heavy atom. The molecule has 9 atom stereocenters. The molecule has 9 unspecified atom stereocenters. The number of hydrogen-bond donors (Lipinski definition) is 8. The average Bonchev–Trinajstić information content (AvgIpc) is 3.42. The number of allylic oxidation sites excluding steroid dienone is 6. The number of hydrogen-bond acceptors (Lipinski definition) is 10. The van der Waals surface area contributed by atoms with E-state index in [9.17, 15) is 40.5 Å². The van der Waals surface area contributed by atoms with Crippen molar-refractivity contribution >= 4 is 5.91 Å². The molecule has 0 aromatic carbocycles. The molecule has 0 saturated carbocycles. The molecule has 0 aromatic heterocycles. The Morgan fingerprint density at radius 3 is 1.21 bits per heavy atom. The van der Waals surface area contributed by atoms with Gasteiger partial charge in [-0.25, -0.2) is 0 Å². The number of ether oxygens (including phenoxy) is 2. The van der Waals surface area contributed by atoms with Gasteiger partial charge in [0.25, 0.3) is 0 Å². The zero-order chi connectivity index (χ0) is 55.4. The highest BCUT2D eigenvalue weighted by Crippen LogP contribution is 2.24. The van der Waals surface area contributed by atoms with E-state index >= 15 is 0 Å². The van der Waals surface area contributed by atoms with E-state index in [1.807, 2.05) is 0 Å². The predicted molar refractivity (Wildman–Crippen MR) is 316 cm³/mol. The molecule has 1 aliphatic heterocycles. The number of aliphatic hydroxyl groups is 7. The Kier molecular flexibility index (Phi) is 51.3. The van der Waals surface area contributed by atoms with Gasteiger partial charge in [-0.1, -0.05) is 269 Å². The number of aliphatic hydroxyl groups excluding tert-OH is 7. The van der Waals surface area contributed by atoms with Gasteiger partial charge in [-0.15, -0.1) is 0 Å². The molecule has 0 bridgehead atoms. The standard InChI is InChI=1S/C65H123NO10/c1-3-5-7-9-11-13-15-17-19-21-23-25-26-27-28-29-30-31-33-35-37-39-41-43-45-47-49-51-53-58(69)64(74)66-56(55-75-65-63(73)62(72)61(71)59(54-67)76-65)60(70)57(68)52-50-48-46-44-42-40-38-36-34-32-24-22-20-18-16-14-12-10-8-6-4-2/h23,25,27-28,44,46,56-63,65,67-73H,3-22,24,26,29-43,45,47-55H2,1-2H3,(H,66,74)/b25-23-,28-27-,46-44+. The van der Waals surface area contributed by atoms with E-state index in [0.29, 0.717) is 12.8 Å². The van der Waals surface area contributed by atoms with Gasteiger partial charge in [0.05, 0.1) is 25.4 Å². The number of carbonyl (C=O) groups is 1. The molecule has 11 heteroatoms. The lowest BCUT2D eigenvalue weighted by Gasteiger charge is -2.40. The van der Waals surface area contributed by atoms with Gasteiger partial charge in [-0.2, -0.15) is 0 Å². The largest absolute Gasteiger partial charge is 0.394 e. The zero-order valence-corrected chi connectivity index (χ0v) is 49.2. The van der Waals surface area contributed by atoms with Crippen LogP contribution in [0.1, 0.15) is 303 Å². The minimum atomic E-state index is -1.67. The molecule has 11 nitrogen and oxygen atoms in total. The molecule has 76 heavy (non-hydrogen) atoms. The lowest BCUT2D eigenvalue weighted by atomic mass is 9.98. The lowest BCUT2D eigenvalue weighted by Crippen LogP contribution is -2.60. The van der Waals surface area contributed by atoms with Crippen LogP contribution in [0.4, 0.5) is 0 Å². The normalized spacial score (nSPS) is 19.8. The molecule has 0 spiro atoms. The highest BCUT2D eigenvalue weighted by atomic mass is 16.7. The van der Waals surface area contributed by atoms with Gasteiger partial charge in [-0.3, -0.25) is 4.79 Å². The molecule has 1 amide bonds. The first-order valence-electron chi connectivity index (χ1n) is 32.4. The van der Waals surface area contributed by atoms with Crippen molar-refractivity contribution in [2.45, 2.75) is 358 Å². The number of unbranched alkanes of at least 4 members (excludes halogenated alkanes) is 38. The third-order valence-corrected chi connectivity index (χ3v) is 15.7.